The van der Waals surface area contributed by atoms with Crippen LogP contribution in [0.3, 0.4) is 0 Å². The number of carboxylic acids is 2. The van der Waals surface area contributed by atoms with Gasteiger partial charge in [0, 0.05) is 6.42 Å². The van der Waals surface area contributed by atoms with Crippen molar-refractivity contribution in [3.63, 3.8) is 0 Å². The van der Waals surface area contributed by atoms with Gasteiger partial charge in [0.15, 0.2) is 11.3 Å². The number of carbonyl (C=O) groups is 2. The normalized spacial score (nSPS) is 11.0. The van der Waals surface area contributed by atoms with Gasteiger partial charge in [0.05, 0.1) is 12.1 Å². The van der Waals surface area contributed by atoms with E-state index in [2.05, 4.69) is 9.97 Å². The first-order chi connectivity index (χ1) is 14.9. The third-order valence-electron chi connectivity index (χ3n) is 5.27. The number of aromatic nitrogens is 3. The summed E-state index contributed by atoms with van der Waals surface area (Å²) in [5, 5.41) is 18.8. The van der Waals surface area contributed by atoms with Crippen molar-refractivity contribution in [2.24, 2.45) is 0 Å². The lowest BCUT2D eigenvalue weighted by Gasteiger charge is -2.10. The van der Waals surface area contributed by atoms with Gasteiger partial charge < -0.3 is 14.8 Å². The molecule has 2 aromatic heterocycles. The Bertz CT molecular complexity index is 1310. The minimum atomic E-state index is -1.07. The second-order valence-corrected chi connectivity index (χ2v) is 7.32. The summed E-state index contributed by atoms with van der Waals surface area (Å²) in [6.07, 6.45) is 0.683. The molecule has 0 unspecified atom stereocenters. The molecule has 0 aliphatic heterocycles. The lowest BCUT2D eigenvalue weighted by molar-refractivity contribution is 0.0683. The van der Waals surface area contributed by atoms with Crippen LogP contribution in [0.4, 0.5) is 0 Å². The molecule has 0 spiro atoms. The van der Waals surface area contributed by atoms with Crippen LogP contribution >= 0.6 is 0 Å². The van der Waals surface area contributed by atoms with Crippen LogP contribution in [0.1, 0.15) is 44.7 Å². The fourth-order valence-electron chi connectivity index (χ4n) is 3.73. The highest BCUT2D eigenvalue weighted by Crippen LogP contribution is 2.26. The molecular formula is C24H21N3O4. The molecule has 0 aliphatic rings. The molecule has 0 atom stereocenters. The van der Waals surface area contributed by atoms with E-state index in [4.69, 9.17) is 0 Å². The van der Waals surface area contributed by atoms with Gasteiger partial charge in [-0.25, -0.2) is 19.6 Å². The zero-order chi connectivity index (χ0) is 22.1. The topological polar surface area (TPSA) is 105 Å². The van der Waals surface area contributed by atoms with Crippen molar-refractivity contribution in [3.8, 4) is 11.1 Å². The number of rotatable bonds is 6. The van der Waals surface area contributed by atoms with E-state index in [1.807, 2.05) is 48.7 Å². The van der Waals surface area contributed by atoms with Crippen LogP contribution in [-0.2, 0) is 13.0 Å². The van der Waals surface area contributed by atoms with E-state index in [0.29, 0.717) is 29.7 Å². The molecule has 2 heterocycles. The van der Waals surface area contributed by atoms with E-state index < -0.39 is 11.9 Å². The van der Waals surface area contributed by atoms with Crippen molar-refractivity contribution in [1.29, 1.82) is 0 Å². The Balaban J connectivity index is 1.73. The smallest absolute Gasteiger partial charge is 0.354 e. The molecule has 31 heavy (non-hydrogen) atoms. The highest BCUT2D eigenvalue weighted by molar-refractivity contribution is 5.96. The van der Waals surface area contributed by atoms with Crippen LogP contribution in [0.25, 0.3) is 22.3 Å². The molecule has 4 aromatic rings. The number of carboxylic acid groups (broad SMARTS) is 2. The van der Waals surface area contributed by atoms with Gasteiger partial charge in [-0.3, -0.25) is 0 Å². The highest BCUT2D eigenvalue weighted by Gasteiger charge is 2.17. The molecule has 2 N–H and O–H groups in total. The van der Waals surface area contributed by atoms with Crippen LogP contribution in [0.5, 0.6) is 0 Å². The number of hydrogen-bond donors (Lipinski definition) is 2. The summed E-state index contributed by atoms with van der Waals surface area (Å²) >= 11 is 0. The molecular weight excluding hydrogens is 394 g/mol. The Kier molecular flexibility index (Phi) is 5.25. The standard InChI is InChI=1S/C24H21N3O4/c1-3-20-26-21-14(2)12-19(24(30)31)25-22(21)27(20)13-15-8-10-16(11-9-15)17-6-4-5-7-18(17)23(28)29/h4-12H,3,13H2,1-2H3,(H,28,29)(H,30,31). The number of fused-ring (bicyclic) bond motifs is 1. The third-order valence-corrected chi connectivity index (χ3v) is 5.27. The lowest BCUT2D eigenvalue weighted by atomic mass is 9.99. The molecule has 0 saturated carbocycles. The highest BCUT2D eigenvalue weighted by atomic mass is 16.4. The van der Waals surface area contributed by atoms with E-state index in [9.17, 15) is 19.8 Å². The average molecular weight is 415 g/mol. The minimum Gasteiger partial charge on any atom is -0.478 e. The van der Waals surface area contributed by atoms with Crippen molar-refractivity contribution in [3.05, 3.63) is 82.8 Å². The van der Waals surface area contributed by atoms with Gasteiger partial charge in [0.25, 0.3) is 0 Å². The summed E-state index contributed by atoms with van der Waals surface area (Å²) in [6, 6.07) is 16.1. The first kappa shape index (κ1) is 20.3. The Morgan fingerprint density at radius 3 is 2.32 bits per heavy atom. The summed E-state index contributed by atoms with van der Waals surface area (Å²) in [5.41, 5.74) is 4.73. The molecule has 0 radical (unpaired) electrons. The molecule has 7 nitrogen and oxygen atoms in total. The van der Waals surface area contributed by atoms with Crippen molar-refractivity contribution < 1.29 is 19.8 Å². The van der Waals surface area contributed by atoms with Gasteiger partial charge in [-0.05, 0) is 41.3 Å². The van der Waals surface area contributed by atoms with Gasteiger partial charge in [-0.1, -0.05) is 49.4 Å². The summed E-state index contributed by atoms with van der Waals surface area (Å²) < 4.78 is 1.94. The fourth-order valence-corrected chi connectivity index (χ4v) is 3.73. The molecule has 4 rings (SSSR count). The predicted octanol–water partition coefficient (Wildman–Crippen LogP) is 4.41. The van der Waals surface area contributed by atoms with E-state index in [1.165, 1.54) is 6.07 Å². The lowest BCUT2D eigenvalue weighted by Crippen LogP contribution is -2.07. The third kappa shape index (κ3) is 3.77. The van der Waals surface area contributed by atoms with Gasteiger partial charge in [-0.15, -0.1) is 0 Å². The molecule has 2 aromatic carbocycles. The molecule has 156 valence electrons. The van der Waals surface area contributed by atoms with Crippen molar-refractivity contribution in [1.82, 2.24) is 14.5 Å². The van der Waals surface area contributed by atoms with E-state index in [-0.39, 0.29) is 11.3 Å². The second-order valence-electron chi connectivity index (χ2n) is 7.32. The average Bonchev–Trinajstić information content (AvgIpc) is 3.12. The number of aryl methyl sites for hydroxylation is 2. The zero-order valence-corrected chi connectivity index (χ0v) is 17.2. The number of benzene rings is 2. The number of aromatic carboxylic acids is 2. The van der Waals surface area contributed by atoms with E-state index in [0.717, 1.165) is 22.5 Å². The summed E-state index contributed by atoms with van der Waals surface area (Å²) in [5.74, 6) is -1.21. The SMILES string of the molecule is CCc1nc2c(C)cc(C(=O)O)nc2n1Cc1ccc(-c2ccccc2C(=O)O)cc1. The summed E-state index contributed by atoms with van der Waals surface area (Å²) in [6.45, 7) is 4.31. The van der Waals surface area contributed by atoms with Crippen LogP contribution in [0.15, 0.2) is 54.6 Å². The first-order valence-corrected chi connectivity index (χ1v) is 9.90. The van der Waals surface area contributed by atoms with Gasteiger partial charge in [-0.2, -0.15) is 0 Å². The first-order valence-electron chi connectivity index (χ1n) is 9.90. The molecule has 0 aliphatic carbocycles. The maximum Gasteiger partial charge on any atom is 0.354 e. The van der Waals surface area contributed by atoms with Gasteiger partial charge in [0.1, 0.15) is 11.3 Å². The van der Waals surface area contributed by atoms with Crippen LogP contribution in [0, 0.1) is 6.92 Å². The Hall–Kier alpha value is -4.00. The fraction of sp³-hybridized carbons (Fsp3) is 0.167. The Morgan fingerprint density at radius 1 is 0.968 bits per heavy atom. The Labute approximate surface area is 178 Å². The van der Waals surface area contributed by atoms with E-state index >= 15 is 0 Å². The van der Waals surface area contributed by atoms with Gasteiger partial charge >= 0.3 is 11.9 Å². The summed E-state index contributed by atoms with van der Waals surface area (Å²) in [4.78, 5) is 32.0. The van der Waals surface area contributed by atoms with Crippen LogP contribution in [-0.4, -0.2) is 36.7 Å². The number of nitrogens with zero attached hydrogens (tertiary/aromatic N) is 3. The van der Waals surface area contributed by atoms with E-state index in [1.54, 1.807) is 18.2 Å². The predicted molar refractivity (Wildman–Crippen MR) is 117 cm³/mol. The number of hydrogen-bond acceptors (Lipinski definition) is 4. The van der Waals surface area contributed by atoms with Gasteiger partial charge in [0.2, 0.25) is 0 Å². The molecule has 0 amide bonds. The van der Waals surface area contributed by atoms with Crippen LogP contribution < -0.4 is 0 Å². The maximum absolute atomic E-state index is 11.5. The van der Waals surface area contributed by atoms with Crippen LogP contribution in [0.2, 0.25) is 0 Å². The number of imidazole rings is 1. The van der Waals surface area contributed by atoms with Crippen molar-refractivity contribution >= 4 is 23.1 Å². The zero-order valence-electron chi connectivity index (χ0n) is 17.2. The quantitative estimate of drug-likeness (QED) is 0.483. The Morgan fingerprint density at radius 2 is 1.68 bits per heavy atom. The molecule has 7 heteroatoms. The largest absolute Gasteiger partial charge is 0.478 e. The maximum atomic E-state index is 11.5. The monoisotopic (exact) mass is 415 g/mol. The minimum absolute atomic E-state index is 0.00516. The molecule has 0 saturated heterocycles. The van der Waals surface area contributed by atoms with Crippen molar-refractivity contribution in [2.45, 2.75) is 26.8 Å². The second kappa shape index (κ2) is 8.02. The summed E-state index contributed by atoms with van der Waals surface area (Å²) in [7, 11) is 0. The molecule has 0 bridgehead atoms. The number of pyridine rings is 1. The van der Waals surface area contributed by atoms with Crippen molar-refractivity contribution in [2.75, 3.05) is 0 Å². The molecule has 0 fully saturated rings.